The summed E-state index contributed by atoms with van der Waals surface area (Å²) < 4.78 is 0. The van der Waals surface area contributed by atoms with Crippen molar-refractivity contribution >= 4 is 17.0 Å². The second kappa shape index (κ2) is 4.28. The monoisotopic (exact) mass is 254 g/mol. The molecule has 1 aromatic carbocycles. The Balaban J connectivity index is 2.11. The van der Waals surface area contributed by atoms with E-state index in [4.69, 9.17) is 0 Å². The van der Waals surface area contributed by atoms with Crippen molar-refractivity contribution in [3.05, 3.63) is 36.4 Å². The number of hydrogen-bond donors (Lipinski definition) is 2. The van der Waals surface area contributed by atoms with Gasteiger partial charge in [-0.1, -0.05) is 12.1 Å². The van der Waals surface area contributed by atoms with Crippen molar-refractivity contribution in [2.24, 2.45) is 0 Å². The van der Waals surface area contributed by atoms with Crippen LogP contribution in [0.1, 0.15) is 0 Å². The largest absolute Gasteiger partial charge is 0.508 e. The maximum absolute atomic E-state index is 9.50. The van der Waals surface area contributed by atoms with Crippen LogP contribution in [0.5, 0.6) is 5.75 Å². The van der Waals surface area contributed by atoms with E-state index in [1.54, 1.807) is 18.2 Å². The number of nitrogens with one attached hydrogen (secondary N) is 1. The molecule has 3 rings (SSSR count). The summed E-state index contributed by atoms with van der Waals surface area (Å²) in [5.41, 5.74) is 2.39. The number of benzene rings is 1. The highest BCUT2D eigenvalue weighted by Gasteiger charge is 2.08. The van der Waals surface area contributed by atoms with Crippen LogP contribution in [-0.2, 0) is 0 Å². The Labute approximate surface area is 110 Å². The molecule has 0 atom stereocenters. The highest BCUT2D eigenvalue weighted by molar-refractivity contribution is 5.77. The van der Waals surface area contributed by atoms with Crippen LogP contribution >= 0.6 is 0 Å². The molecule has 0 unspecified atom stereocenters. The number of aromatic nitrogens is 3. The molecule has 0 aliphatic rings. The number of anilines is 1. The number of fused-ring (bicyclic) bond motifs is 1. The van der Waals surface area contributed by atoms with Crippen molar-refractivity contribution in [1.82, 2.24) is 15.0 Å². The Hall–Kier alpha value is -2.56. The van der Waals surface area contributed by atoms with Crippen molar-refractivity contribution in [2.45, 2.75) is 0 Å². The molecule has 2 aromatic heterocycles. The van der Waals surface area contributed by atoms with E-state index in [2.05, 4.69) is 15.0 Å². The van der Waals surface area contributed by atoms with Crippen LogP contribution in [0, 0.1) is 0 Å². The smallest absolute Gasteiger partial charge is 0.180 e. The molecule has 0 amide bonds. The molecule has 0 bridgehead atoms. The Kier molecular flexibility index (Phi) is 2.59. The van der Waals surface area contributed by atoms with Gasteiger partial charge in [-0.3, -0.25) is 0 Å². The van der Waals surface area contributed by atoms with Crippen LogP contribution in [0.4, 0.5) is 5.82 Å². The fourth-order valence-corrected chi connectivity index (χ4v) is 1.92. The van der Waals surface area contributed by atoms with E-state index in [-0.39, 0.29) is 5.75 Å². The van der Waals surface area contributed by atoms with Gasteiger partial charge in [-0.25, -0.2) is 9.97 Å². The normalized spacial score (nSPS) is 10.8. The maximum Gasteiger partial charge on any atom is 0.180 e. The Bertz CT molecular complexity index is 733. The second-order valence-electron chi connectivity index (χ2n) is 4.57. The Morgan fingerprint density at radius 3 is 2.68 bits per heavy atom. The summed E-state index contributed by atoms with van der Waals surface area (Å²) in [5.74, 6) is 1.79. The van der Waals surface area contributed by atoms with Crippen molar-refractivity contribution in [2.75, 3.05) is 19.0 Å². The second-order valence-corrected chi connectivity index (χ2v) is 4.57. The molecule has 0 aliphatic carbocycles. The summed E-state index contributed by atoms with van der Waals surface area (Å²) in [7, 11) is 3.88. The average Bonchev–Trinajstić information content (AvgIpc) is 2.81. The third kappa shape index (κ3) is 2.10. The summed E-state index contributed by atoms with van der Waals surface area (Å²) in [5, 5.41) is 9.50. The first-order valence-corrected chi connectivity index (χ1v) is 5.97. The van der Waals surface area contributed by atoms with Crippen LogP contribution in [0.15, 0.2) is 36.4 Å². The predicted octanol–water partition coefficient (Wildman–Crippen LogP) is 2.40. The lowest BCUT2D eigenvalue weighted by molar-refractivity contribution is 0.475. The highest BCUT2D eigenvalue weighted by atomic mass is 16.3. The van der Waals surface area contributed by atoms with Gasteiger partial charge < -0.3 is 15.0 Å². The number of pyridine rings is 1. The van der Waals surface area contributed by atoms with Crippen LogP contribution < -0.4 is 4.90 Å². The third-order valence-electron chi connectivity index (χ3n) is 2.91. The number of aromatic amines is 1. The first-order chi connectivity index (χ1) is 9.13. The van der Waals surface area contributed by atoms with Crippen LogP contribution in [0.2, 0.25) is 0 Å². The number of nitrogens with zero attached hydrogens (tertiary/aromatic N) is 3. The molecular weight excluding hydrogens is 240 g/mol. The first kappa shape index (κ1) is 11.5. The SMILES string of the molecule is CN(C)c1ccc2[nH]c(-c3cccc(O)c3)nc2n1. The van der Waals surface area contributed by atoms with Crippen LogP contribution in [0.25, 0.3) is 22.6 Å². The van der Waals surface area contributed by atoms with E-state index in [0.29, 0.717) is 11.5 Å². The van der Waals surface area contributed by atoms with Gasteiger partial charge in [0, 0.05) is 19.7 Å². The fraction of sp³-hybridized carbons (Fsp3) is 0.143. The van der Waals surface area contributed by atoms with E-state index in [9.17, 15) is 5.11 Å². The summed E-state index contributed by atoms with van der Waals surface area (Å²) in [4.78, 5) is 14.1. The average molecular weight is 254 g/mol. The van der Waals surface area contributed by atoms with Crippen LogP contribution in [-0.4, -0.2) is 34.2 Å². The van der Waals surface area contributed by atoms with E-state index >= 15 is 0 Å². The summed E-state index contributed by atoms with van der Waals surface area (Å²) >= 11 is 0. The number of aromatic hydroxyl groups is 1. The molecule has 3 aromatic rings. The van der Waals surface area contributed by atoms with Crippen LogP contribution in [0.3, 0.4) is 0 Å². The zero-order chi connectivity index (χ0) is 13.4. The van der Waals surface area contributed by atoms with E-state index in [1.165, 1.54) is 0 Å². The minimum absolute atomic E-state index is 0.222. The fourth-order valence-electron chi connectivity index (χ4n) is 1.92. The van der Waals surface area contributed by atoms with Crippen molar-refractivity contribution < 1.29 is 5.11 Å². The molecule has 5 nitrogen and oxygen atoms in total. The van der Waals surface area contributed by atoms with Gasteiger partial charge in [-0.15, -0.1) is 0 Å². The molecule has 2 heterocycles. The van der Waals surface area contributed by atoms with Gasteiger partial charge in [-0.2, -0.15) is 0 Å². The summed E-state index contributed by atoms with van der Waals surface area (Å²) in [6, 6.07) is 10.9. The number of H-pyrrole nitrogens is 1. The molecule has 0 saturated heterocycles. The predicted molar refractivity (Wildman–Crippen MR) is 75.3 cm³/mol. The molecule has 5 heteroatoms. The highest BCUT2D eigenvalue weighted by Crippen LogP contribution is 2.23. The number of hydrogen-bond acceptors (Lipinski definition) is 4. The van der Waals surface area contributed by atoms with Crippen molar-refractivity contribution in [1.29, 1.82) is 0 Å². The molecular formula is C14H14N4O. The van der Waals surface area contributed by atoms with Gasteiger partial charge in [0.25, 0.3) is 0 Å². The third-order valence-corrected chi connectivity index (χ3v) is 2.91. The van der Waals surface area contributed by atoms with E-state index in [0.717, 1.165) is 16.9 Å². The molecule has 0 aliphatic heterocycles. The number of rotatable bonds is 2. The molecule has 19 heavy (non-hydrogen) atoms. The van der Waals surface area contributed by atoms with Gasteiger partial charge >= 0.3 is 0 Å². The molecule has 0 radical (unpaired) electrons. The van der Waals surface area contributed by atoms with Gasteiger partial charge in [-0.05, 0) is 24.3 Å². The maximum atomic E-state index is 9.50. The minimum Gasteiger partial charge on any atom is -0.508 e. The topological polar surface area (TPSA) is 65.0 Å². The van der Waals surface area contributed by atoms with E-state index in [1.807, 2.05) is 37.2 Å². The molecule has 96 valence electrons. The summed E-state index contributed by atoms with van der Waals surface area (Å²) in [6.07, 6.45) is 0. The Morgan fingerprint density at radius 1 is 1.11 bits per heavy atom. The number of phenols is 1. The van der Waals surface area contributed by atoms with Gasteiger partial charge in [0.1, 0.15) is 17.4 Å². The lowest BCUT2D eigenvalue weighted by atomic mass is 10.2. The number of imidazole rings is 1. The zero-order valence-electron chi connectivity index (χ0n) is 10.8. The van der Waals surface area contributed by atoms with Gasteiger partial charge in [0.05, 0.1) is 5.52 Å². The lowest BCUT2D eigenvalue weighted by Gasteiger charge is -2.09. The van der Waals surface area contributed by atoms with Gasteiger partial charge in [0.15, 0.2) is 5.65 Å². The number of phenolic OH excluding ortho intramolecular Hbond substituents is 1. The first-order valence-electron chi connectivity index (χ1n) is 5.97. The quantitative estimate of drug-likeness (QED) is 0.737. The minimum atomic E-state index is 0.222. The molecule has 0 fully saturated rings. The van der Waals surface area contributed by atoms with Crippen molar-refractivity contribution in [3.63, 3.8) is 0 Å². The zero-order valence-corrected chi connectivity index (χ0v) is 10.8. The Morgan fingerprint density at radius 2 is 1.95 bits per heavy atom. The summed E-state index contributed by atoms with van der Waals surface area (Å²) in [6.45, 7) is 0. The molecule has 0 saturated carbocycles. The molecule has 2 N–H and O–H groups in total. The van der Waals surface area contributed by atoms with E-state index < -0.39 is 0 Å². The van der Waals surface area contributed by atoms with Gasteiger partial charge in [0.2, 0.25) is 0 Å². The standard InChI is InChI=1S/C14H14N4O/c1-18(2)12-7-6-11-14(16-12)17-13(15-11)9-4-3-5-10(19)8-9/h3-8,19H,1-2H3,(H,15,16,17). The van der Waals surface area contributed by atoms with Crippen molar-refractivity contribution in [3.8, 4) is 17.1 Å². The lowest BCUT2D eigenvalue weighted by Crippen LogP contribution is -2.10. The molecule has 0 spiro atoms.